The molecule has 0 aromatic carbocycles. The summed E-state index contributed by atoms with van der Waals surface area (Å²) in [4.78, 5) is 14.4. The Kier molecular flexibility index (Phi) is 7.28. The zero-order valence-corrected chi connectivity index (χ0v) is 12.0. The Balaban J connectivity index is 2.37. The quantitative estimate of drug-likeness (QED) is 0.725. The molecule has 106 valence electrons. The van der Waals surface area contributed by atoms with Crippen LogP contribution in [0.1, 0.15) is 52.4 Å². The minimum absolute atomic E-state index is 0.0384. The zero-order valence-electron chi connectivity index (χ0n) is 12.0. The van der Waals surface area contributed by atoms with Gasteiger partial charge in [0.2, 0.25) is 5.91 Å². The van der Waals surface area contributed by atoms with Gasteiger partial charge in [-0.2, -0.15) is 0 Å². The number of nitrogens with zero attached hydrogens (tertiary/aromatic N) is 1. The summed E-state index contributed by atoms with van der Waals surface area (Å²) in [6.07, 6.45) is 7.07. The highest BCUT2D eigenvalue weighted by Crippen LogP contribution is 2.17. The van der Waals surface area contributed by atoms with Crippen LogP contribution in [0.4, 0.5) is 0 Å². The molecule has 0 aromatic heterocycles. The van der Waals surface area contributed by atoms with E-state index in [2.05, 4.69) is 17.1 Å². The number of rotatable bonds is 7. The maximum atomic E-state index is 12.2. The maximum absolute atomic E-state index is 12.2. The summed E-state index contributed by atoms with van der Waals surface area (Å²) in [6.45, 7) is 6.60. The number of carbonyl (C=O) groups excluding carboxylic acids is 1. The van der Waals surface area contributed by atoms with Crippen molar-refractivity contribution in [3.63, 3.8) is 0 Å². The summed E-state index contributed by atoms with van der Waals surface area (Å²) in [7, 11) is 0. The number of hydrogen-bond donors (Lipinski definition) is 2. The first kappa shape index (κ1) is 15.4. The maximum Gasteiger partial charge on any atom is 0.237 e. The predicted molar refractivity (Wildman–Crippen MR) is 75.4 cm³/mol. The van der Waals surface area contributed by atoms with Crippen molar-refractivity contribution >= 4 is 5.91 Å². The Bertz CT molecular complexity index is 239. The molecule has 1 aliphatic rings. The fraction of sp³-hybridized carbons (Fsp3) is 0.929. The molecule has 3 N–H and O–H groups in total. The molecular weight excluding hydrogens is 226 g/mol. The van der Waals surface area contributed by atoms with Gasteiger partial charge in [-0.25, -0.2) is 0 Å². The van der Waals surface area contributed by atoms with E-state index < -0.39 is 0 Å². The van der Waals surface area contributed by atoms with E-state index in [-0.39, 0.29) is 11.9 Å². The molecule has 1 aliphatic carbocycles. The van der Waals surface area contributed by atoms with Crippen LogP contribution in [-0.2, 0) is 4.79 Å². The van der Waals surface area contributed by atoms with Crippen LogP contribution in [0.2, 0.25) is 0 Å². The summed E-state index contributed by atoms with van der Waals surface area (Å²) in [5, 5.41) is 3.20. The number of nitrogens with two attached hydrogens (primary N) is 1. The minimum atomic E-state index is -0.0384. The van der Waals surface area contributed by atoms with E-state index in [1.165, 1.54) is 19.3 Å². The van der Waals surface area contributed by atoms with Gasteiger partial charge in [0.05, 0.1) is 6.04 Å². The first-order valence-corrected chi connectivity index (χ1v) is 7.43. The molecule has 1 amide bonds. The molecular formula is C14H29N3O. The molecule has 4 heteroatoms. The van der Waals surface area contributed by atoms with Gasteiger partial charge in [-0.15, -0.1) is 0 Å². The Morgan fingerprint density at radius 1 is 1.39 bits per heavy atom. The zero-order chi connectivity index (χ0) is 13.4. The number of amides is 1. The average molecular weight is 255 g/mol. The van der Waals surface area contributed by atoms with Crippen molar-refractivity contribution in [2.75, 3.05) is 19.6 Å². The smallest absolute Gasteiger partial charge is 0.237 e. The first-order chi connectivity index (χ1) is 8.69. The molecule has 0 bridgehead atoms. The second-order valence-electron chi connectivity index (χ2n) is 5.29. The van der Waals surface area contributed by atoms with E-state index >= 15 is 0 Å². The summed E-state index contributed by atoms with van der Waals surface area (Å²) in [6, 6.07) is 0.366. The van der Waals surface area contributed by atoms with E-state index in [1.807, 2.05) is 6.92 Å². The third-order valence-electron chi connectivity index (χ3n) is 3.93. The van der Waals surface area contributed by atoms with Crippen molar-refractivity contribution in [1.29, 1.82) is 0 Å². The Labute approximate surface area is 111 Å². The lowest BCUT2D eigenvalue weighted by molar-refractivity contribution is -0.126. The standard InChI is InChI=1S/C14H29N3O/c1-3-17(11-7-10-15)12(2)14(18)16-13-8-5-4-6-9-13/h12-13H,3-11,15H2,1-2H3,(H,16,18). The van der Waals surface area contributed by atoms with Gasteiger partial charge in [0, 0.05) is 12.6 Å². The highest BCUT2D eigenvalue weighted by molar-refractivity contribution is 5.81. The Morgan fingerprint density at radius 2 is 2.06 bits per heavy atom. The monoisotopic (exact) mass is 255 g/mol. The molecule has 0 spiro atoms. The highest BCUT2D eigenvalue weighted by Gasteiger charge is 2.22. The average Bonchev–Trinajstić information content (AvgIpc) is 2.40. The van der Waals surface area contributed by atoms with E-state index in [0.717, 1.165) is 32.4 Å². The number of likely N-dealkylation sites (N-methyl/N-ethyl adjacent to an activating group) is 1. The second kappa shape index (κ2) is 8.48. The summed E-state index contributed by atoms with van der Waals surface area (Å²) < 4.78 is 0. The largest absolute Gasteiger partial charge is 0.352 e. The topological polar surface area (TPSA) is 58.4 Å². The molecule has 0 radical (unpaired) electrons. The van der Waals surface area contributed by atoms with Crippen molar-refractivity contribution in [3.8, 4) is 0 Å². The predicted octanol–water partition coefficient (Wildman–Crippen LogP) is 1.49. The summed E-state index contributed by atoms with van der Waals surface area (Å²) >= 11 is 0. The fourth-order valence-electron chi connectivity index (χ4n) is 2.65. The van der Waals surface area contributed by atoms with Crippen molar-refractivity contribution in [3.05, 3.63) is 0 Å². The Hall–Kier alpha value is -0.610. The molecule has 0 aliphatic heterocycles. The molecule has 1 unspecified atom stereocenters. The van der Waals surface area contributed by atoms with Gasteiger partial charge in [-0.05, 0) is 39.3 Å². The molecule has 0 aromatic rings. The number of carbonyl (C=O) groups is 1. The van der Waals surface area contributed by atoms with E-state index in [9.17, 15) is 4.79 Å². The lowest BCUT2D eigenvalue weighted by Crippen LogP contribution is -2.49. The van der Waals surface area contributed by atoms with Gasteiger partial charge in [0.15, 0.2) is 0 Å². The van der Waals surface area contributed by atoms with Crippen LogP contribution in [0.15, 0.2) is 0 Å². The van der Waals surface area contributed by atoms with Gasteiger partial charge >= 0.3 is 0 Å². The van der Waals surface area contributed by atoms with Gasteiger partial charge in [-0.1, -0.05) is 26.2 Å². The van der Waals surface area contributed by atoms with Crippen molar-refractivity contribution in [2.24, 2.45) is 5.73 Å². The van der Waals surface area contributed by atoms with Crippen molar-refractivity contribution < 1.29 is 4.79 Å². The van der Waals surface area contributed by atoms with Crippen LogP contribution < -0.4 is 11.1 Å². The highest BCUT2D eigenvalue weighted by atomic mass is 16.2. The molecule has 1 atom stereocenters. The molecule has 18 heavy (non-hydrogen) atoms. The molecule has 1 fully saturated rings. The van der Waals surface area contributed by atoms with Crippen LogP contribution >= 0.6 is 0 Å². The minimum Gasteiger partial charge on any atom is -0.352 e. The van der Waals surface area contributed by atoms with Crippen LogP contribution in [0.5, 0.6) is 0 Å². The lowest BCUT2D eigenvalue weighted by Gasteiger charge is -2.30. The Morgan fingerprint density at radius 3 is 2.61 bits per heavy atom. The first-order valence-electron chi connectivity index (χ1n) is 7.43. The third kappa shape index (κ3) is 4.94. The van der Waals surface area contributed by atoms with Crippen LogP contribution in [0.3, 0.4) is 0 Å². The number of hydrogen-bond acceptors (Lipinski definition) is 3. The van der Waals surface area contributed by atoms with Crippen LogP contribution in [-0.4, -0.2) is 42.5 Å². The van der Waals surface area contributed by atoms with Crippen LogP contribution in [0, 0.1) is 0 Å². The van der Waals surface area contributed by atoms with Crippen molar-refractivity contribution in [2.45, 2.75) is 64.5 Å². The second-order valence-corrected chi connectivity index (χ2v) is 5.29. The third-order valence-corrected chi connectivity index (χ3v) is 3.93. The van der Waals surface area contributed by atoms with E-state index in [4.69, 9.17) is 5.73 Å². The molecule has 1 saturated carbocycles. The SMILES string of the molecule is CCN(CCCN)C(C)C(=O)NC1CCCCC1. The summed E-state index contributed by atoms with van der Waals surface area (Å²) in [5.74, 6) is 0.181. The molecule has 0 heterocycles. The van der Waals surface area contributed by atoms with Crippen LogP contribution in [0.25, 0.3) is 0 Å². The summed E-state index contributed by atoms with van der Waals surface area (Å²) in [5.41, 5.74) is 5.53. The number of nitrogens with one attached hydrogen (secondary N) is 1. The van der Waals surface area contributed by atoms with Crippen molar-refractivity contribution in [1.82, 2.24) is 10.2 Å². The van der Waals surface area contributed by atoms with Gasteiger partial charge in [0.1, 0.15) is 0 Å². The van der Waals surface area contributed by atoms with E-state index in [0.29, 0.717) is 12.6 Å². The van der Waals surface area contributed by atoms with Gasteiger partial charge in [-0.3, -0.25) is 9.69 Å². The molecule has 0 saturated heterocycles. The molecule has 4 nitrogen and oxygen atoms in total. The van der Waals surface area contributed by atoms with E-state index in [1.54, 1.807) is 0 Å². The fourth-order valence-corrected chi connectivity index (χ4v) is 2.65. The van der Waals surface area contributed by atoms with Gasteiger partial charge < -0.3 is 11.1 Å². The normalized spacial score (nSPS) is 18.9. The lowest BCUT2D eigenvalue weighted by atomic mass is 9.95. The van der Waals surface area contributed by atoms with Gasteiger partial charge in [0.25, 0.3) is 0 Å². The molecule has 1 rings (SSSR count).